The number of methoxy groups -OCH3 is 1. The average Bonchev–Trinajstić information content (AvgIpc) is 3.23. The van der Waals surface area contributed by atoms with Crippen LogP contribution in [0.4, 0.5) is 0 Å². The molecule has 5 rings (SSSR count). The summed E-state index contributed by atoms with van der Waals surface area (Å²) in [5.41, 5.74) is 11.4. The van der Waals surface area contributed by atoms with Gasteiger partial charge >= 0.3 is 5.97 Å². The molecular weight excluding hydrogens is 496 g/mol. The molecule has 39 heavy (non-hydrogen) atoms. The zero-order chi connectivity index (χ0) is 27.8. The topological polar surface area (TPSA) is 117 Å². The number of allylic oxidation sites excluding steroid dienone is 1. The van der Waals surface area contributed by atoms with Crippen molar-refractivity contribution < 1.29 is 28.2 Å². The van der Waals surface area contributed by atoms with Gasteiger partial charge in [-0.3, -0.25) is 0 Å². The normalized spacial score (nSPS) is 14.4. The number of fused-ring (bicyclic) bond motifs is 2. The molecule has 3 aromatic carbocycles. The molecule has 1 aromatic heterocycles. The predicted octanol–water partition coefficient (Wildman–Crippen LogP) is 6.20. The SMILES string of the molecule is CCOc1ccc(C2C(C#N)=C(N)Oc3cc(OC(=O)c4oc5cc(C)c(C)cc5c4C)ccc32)cc1OC. The van der Waals surface area contributed by atoms with Crippen molar-refractivity contribution in [1.29, 1.82) is 5.26 Å². The molecule has 1 aliphatic rings. The smallest absolute Gasteiger partial charge is 0.379 e. The number of carbonyl (C=O) groups is 1. The van der Waals surface area contributed by atoms with E-state index in [1.54, 1.807) is 31.4 Å². The van der Waals surface area contributed by atoms with Gasteiger partial charge < -0.3 is 29.1 Å². The first-order valence-corrected chi connectivity index (χ1v) is 12.5. The molecule has 1 aliphatic heterocycles. The Labute approximate surface area is 226 Å². The Morgan fingerprint density at radius 3 is 2.54 bits per heavy atom. The highest BCUT2D eigenvalue weighted by atomic mass is 16.5. The van der Waals surface area contributed by atoms with Crippen LogP contribution in [0.5, 0.6) is 23.0 Å². The maximum atomic E-state index is 13.1. The van der Waals surface area contributed by atoms with E-state index in [2.05, 4.69) is 6.07 Å². The third-order valence-electron chi connectivity index (χ3n) is 6.96. The fourth-order valence-electron chi connectivity index (χ4n) is 4.80. The monoisotopic (exact) mass is 524 g/mol. The van der Waals surface area contributed by atoms with Gasteiger partial charge in [0.25, 0.3) is 0 Å². The number of nitriles is 1. The number of nitrogens with two attached hydrogens (primary N) is 1. The molecule has 2 N–H and O–H groups in total. The van der Waals surface area contributed by atoms with E-state index in [1.807, 2.05) is 52.0 Å². The molecule has 0 radical (unpaired) electrons. The summed E-state index contributed by atoms with van der Waals surface area (Å²) in [6.07, 6.45) is 0. The number of hydrogen-bond donors (Lipinski definition) is 1. The van der Waals surface area contributed by atoms with Gasteiger partial charge in [-0.2, -0.15) is 5.26 Å². The minimum absolute atomic E-state index is 0.0230. The Kier molecular flexibility index (Phi) is 6.67. The van der Waals surface area contributed by atoms with Crippen LogP contribution in [0, 0.1) is 32.1 Å². The van der Waals surface area contributed by atoms with Gasteiger partial charge in [0.1, 0.15) is 28.7 Å². The van der Waals surface area contributed by atoms with Gasteiger partial charge in [-0.15, -0.1) is 0 Å². The highest BCUT2D eigenvalue weighted by Gasteiger charge is 2.32. The molecule has 0 fully saturated rings. The summed E-state index contributed by atoms with van der Waals surface area (Å²) in [4.78, 5) is 13.1. The third-order valence-corrected chi connectivity index (χ3v) is 6.96. The van der Waals surface area contributed by atoms with Gasteiger partial charge in [-0.1, -0.05) is 12.1 Å². The number of hydrogen-bond acceptors (Lipinski definition) is 8. The first kappa shape index (κ1) is 25.7. The van der Waals surface area contributed by atoms with Crippen molar-refractivity contribution in [3.63, 3.8) is 0 Å². The lowest BCUT2D eigenvalue weighted by atomic mass is 9.83. The van der Waals surface area contributed by atoms with Crippen molar-refractivity contribution in [2.45, 2.75) is 33.6 Å². The Morgan fingerprint density at radius 1 is 1.05 bits per heavy atom. The molecule has 0 bridgehead atoms. The number of aryl methyl sites for hydroxylation is 3. The van der Waals surface area contributed by atoms with Crippen molar-refractivity contribution in [1.82, 2.24) is 0 Å². The van der Waals surface area contributed by atoms with E-state index >= 15 is 0 Å². The summed E-state index contributed by atoms with van der Waals surface area (Å²) >= 11 is 0. The van der Waals surface area contributed by atoms with Gasteiger partial charge in [0.15, 0.2) is 11.5 Å². The third kappa shape index (κ3) is 4.53. The lowest BCUT2D eigenvalue weighted by molar-refractivity contribution is 0.0702. The second-order valence-corrected chi connectivity index (χ2v) is 9.35. The van der Waals surface area contributed by atoms with Crippen LogP contribution in [0.15, 0.2) is 64.4 Å². The molecule has 0 aliphatic carbocycles. The molecule has 4 aromatic rings. The van der Waals surface area contributed by atoms with Crippen LogP contribution in [-0.4, -0.2) is 19.7 Å². The van der Waals surface area contributed by atoms with E-state index in [4.69, 9.17) is 29.1 Å². The molecule has 1 unspecified atom stereocenters. The molecule has 8 heteroatoms. The Balaban J connectivity index is 1.49. The van der Waals surface area contributed by atoms with Crippen molar-refractivity contribution in [2.24, 2.45) is 5.73 Å². The Morgan fingerprint density at radius 2 is 1.82 bits per heavy atom. The largest absolute Gasteiger partial charge is 0.493 e. The molecule has 0 spiro atoms. The maximum absolute atomic E-state index is 13.1. The minimum atomic E-state index is -0.621. The zero-order valence-corrected chi connectivity index (χ0v) is 22.4. The van der Waals surface area contributed by atoms with Crippen LogP contribution in [0.3, 0.4) is 0 Å². The zero-order valence-electron chi connectivity index (χ0n) is 22.4. The van der Waals surface area contributed by atoms with Crippen molar-refractivity contribution in [3.05, 3.63) is 93.6 Å². The summed E-state index contributed by atoms with van der Waals surface area (Å²) < 4.78 is 28.5. The van der Waals surface area contributed by atoms with E-state index in [0.717, 1.165) is 22.1 Å². The van der Waals surface area contributed by atoms with Gasteiger partial charge in [-0.25, -0.2) is 4.79 Å². The van der Waals surface area contributed by atoms with Gasteiger partial charge in [0.2, 0.25) is 11.6 Å². The average molecular weight is 525 g/mol. The van der Waals surface area contributed by atoms with Gasteiger partial charge in [-0.05, 0) is 74.7 Å². The van der Waals surface area contributed by atoms with E-state index in [1.165, 1.54) is 0 Å². The number of rotatable bonds is 6. The summed E-state index contributed by atoms with van der Waals surface area (Å²) in [7, 11) is 1.56. The quantitative estimate of drug-likeness (QED) is 0.234. The van der Waals surface area contributed by atoms with Crippen molar-refractivity contribution in [3.8, 4) is 29.1 Å². The van der Waals surface area contributed by atoms with E-state index in [0.29, 0.717) is 40.6 Å². The Hall–Kier alpha value is -4.90. The lowest BCUT2D eigenvalue weighted by Gasteiger charge is -2.27. The standard InChI is InChI=1S/C31H28N2O6/c1-6-36-24-10-7-19(13-27(24)35-5)28-21-9-8-20(14-26(21)39-30(33)23(28)15-32)37-31(34)29-18(4)22-11-16(2)17(3)12-25(22)38-29/h7-14,28H,6,33H2,1-5H3. The summed E-state index contributed by atoms with van der Waals surface area (Å²) in [6, 6.07) is 16.6. The number of furan rings is 1. The molecule has 8 nitrogen and oxygen atoms in total. The molecular formula is C31H28N2O6. The number of esters is 1. The molecule has 1 atom stereocenters. The van der Waals surface area contributed by atoms with Crippen LogP contribution in [0.1, 0.15) is 51.2 Å². The first-order valence-electron chi connectivity index (χ1n) is 12.5. The molecule has 2 heterocycles. The second-order valence-electron chi connectivity index (χ2n) is 9.35. The van der Waals surface area contributed by atoms with Crippen molar-refractivity contribution in [2.75, 3.05) is 13.7 Å². The van der Waals surface area contributed by atoms with Gasteiger partial charge in [0.05, 0.1) is 19.6 Å². The van der Waals surface area contributed by atoms with E-state index in [-0.39, 0.29) is 23.0 Å². The molecule has 0 amide bonds. The molecule has 0 saturated carbocycles. The first-order chi connectivity index (χ1) is 18.7. The fraction of sp³-hybridized carbons (Fsp3) is 0.226. The van der Waals surface area contributed by atoms with Crippen molar-refractivity contribution >= 4 is 16.9 Å². The minimum Gasteiger partial charge on any atom is -0.493 e. The molecule has 198 valence electrons. The van der Waals surface area contributed by atoms with E-state index in [9.17, 15) is 10.1 Å². The fourth-order valence-corrected chi connectivity index (χ4v) is 4.80. The van der Waals surface area contributed by atoms with Crippen LogP contribution in [0.2, 0.25) is 0 Å². The second kappa shape index (κ2) is 10.1. The number of carbonyl (C=O) groups excluding carboxylic acids is 1. The summed E-state index contributed by atoms with van der Waals surface area (Å²) in [6.45, 7) is 8.21. The van der Waals surface area contributed by atoms with Crippen LogP contribution in [0.25, 0.3) is 11.0 Å². The highest BCUT2D eigenvalue weighted by molar-refractivity contribution is 5.97. The Bertz CT molecular complexity index is 1690. The highest BCUT2D eigenvalue weighted by Crippen LogP contribution is 2.45. The number of benzene rings is 3. The van der Waals surface area contributed by atoms with E-state index < -0.39 is 11.9 Å². The number of ether oxygens (including phenoxy) is 4. The van der Waals surface area contributed by atoms with Gasteiger partial charge in [0, 0.05) is 22.6 Å². The molecule has 0 saturated heterocycles. The van der Waals surface area contributed by atoms with Crippen LogP contribution in [-0.2, 0) is 0 Å². The number of nitrogens with zero attached hydrogens (tertiary/aromatic N) is 1. The summed E-state index contributed by atoms with van der Waals surface area (Å²) in [5.74, 6) is 0.741. The van der Waals surface area contributed by atoms with Crippen LogP contribution >= 0.6 is 0 Å². The van der Waals surface area contributed by atoms with Crippen LogP contribution < -0.4 is 24.7 Å². The predicted molar refractivity (Wildman–Crippen MR) is 145 cm³/mol. The lowest BCUT2D eigenvalue weighted by Crippen LogP contribution is -2.21. The summed E-state index contributed by atoms with van der Waals surface area (Å²) in [5, 5.41) is 10.8. The maximum Gasteiger partial charge on any atom is 0.379 e.